The van der Waals surface area contributed by atoms with Gasteiger partial charge in [-0.05, 0) is 36.2 Å². The molecule has 7 heteroatoms. The Morgan fingerprint density at radius 3 is 2.73 bits per heavy atom. The number of nitrogens with zero attached hydrogens (tertiary/aromatic N) is 5. The highest BCUT2D eigenvalue weighted by molar-refractivity contribution is 6.28. The SMILES string of the molecule is Cc1cccc(/C=N/Nc2nc(Cl)nc3c2ncn3-c2ccccc2)c1. The number of anilines is 1. The molecule has 2 aromatic heterocycles. The third kappa shape index (κ3) is 3.27. The fraction of sp³-hybridized carbons (Fsp3) is 0.0526. The van der Waals surface area contributed by atoms with Crippen molar-refractivity contribution in [1.82, 2.24) is 19.5 Å². The van der Waals surface area contributed by atoms with Crippen LogP contribution in [0.4, 0.5) is 5.82 Å². The zero-order valence-corrected chi connectivity index (χ0v) is 14.7. The monoisotopic (exact) mass is 362 g/mol. The zero-order chi connectivity index (χ0) is 17.9. The molecule has 0 radical (unpaired) electrons. The molecule has 0 bridgehead atoms. The van der Waals surface area contributed by atoms with E-state index in [0.717, 1.165) is 11.3 Å². The predicted molar refractivity (Wildman–Crippen MR) is 104 cm³/mol. The molecule has 0 aliphatic rings. The molecule has 0 aliphatic heterocycles. The fourth-order valence-electron chi connectivity index (χ4n) is 2.65. The second-order valence-corrected chi connectivity index (χ2v) is 6.09. The Labute approximate surface area is 155 Å². The van der Waals surface area contributed by atoms with Gasteiger partial charge in [0.2, 0.25) is 5.28 Å². The Hall–Kier alpha value is -3.25. The first-order valence-electron chi connectivity index (χ1n) is 8.02. The van der Waals surface area contributed by atoms with Crippen LogP contribution in [0.5, 0.6) is 0 Å². The van der Waals surface area contributed by atoms with Crippen molar-refractivity contribution >= 4 is 34.8 Å². The first kappa shape index (κ1) is 16.2. The number of aromatic nitrogens is 4. The minimum Gasteiger partial charge on any atom is -0.283 e. The summed E-state index contributed by atoms with van der Waals surface area (Å²) < 4.78 is 1.86. The molecule has 2 aromatic carbocycles. The Kier molecular flexibility index (Phi) is 4.33. The summed E-state index contributed by atoms with van der Waals surface area (Å²) in [5, 5.41) is 4.38. The lowest BCUT2D eigenvalue weighted by molar-refractivity contribution is 1.06. The number of imidazole rings is 1. The third-order valence-corrected chi connectivity index (χ3v) is 4.00. The van der Waals surface area contributed by atoms with Gasteiger partial charge in [0.15, 0.2) is 17.0 Å². The maximum absolute atomic E-state index is 6.10. The van der Waals surface area contributed by atoms with E-state index in [-0.39, 0.29) is 5.28 Å². The van der Waals surface area contributed by atoms with Crippen molar-refractivity contribution in [2.75, 3.05) is 5.43 Å². The minimum atomic E-state index is 0.128. The van der Waals surface area contributed by atoms with E-state index in [9.17, 15) is 0 Å². The number of fused-ring (bicyclic) bond motifs is 1. The Morgan fingerprint density at radius 2 is 1.92 bits per heavy atom. The molecule has 26 heavy (non-hydrogen) atoms. The van der Waals surface area contributed by atoms with Crippen LogP contribution in [0.25, 0.3) is 16.9 Å². The molecule has 2 heterocycles. The van der Waals surface area contributed by atoms with Crippen LogP contribution < -0.4 is 5.43 Å². The lowest BCUT2D eigenvalue weighted by Gasteiger charge is -2.05. The summed E-state index contributed by atoms with van der Waals surface area (Å²) in [6.07, 6.45) is 3.42. The molecule has 0 amide bonds. The van der Waals surface area contributed by atoms with Crippen molar-refractivity contribution in [3.05, 3.63) is 77.3 Å². The van der Waals surface area contributed by atoms with Gasteiger partial charge < -0.3 is 0 Å². The molecular weight excluding hydrogens is 348 g/mol. The van der Waals surface area contributed by atoms with Crippen molar-refractivity contribution in [2.24, 2.45) is 5.10 Å². The van der Waals surface area contributed by atoms with Gasteiger partial charge in [0.05, 0.1) is 6.21 Å². The van der Waals surface area contributed by atoms with Crippen molar-refractivity contribution in [3.8, 4) is 5.69 Å². The standard InChI is InChI=1S/C19H15ClN6/c1-13-6-5-7-14(10-13)11-22-25-17-16-18(24-19(20)23-17)26(12-21-16)15-8-3-2-4-9-15/h2-12H,1H3,(H,23,24,25)/b22-11+. The number of aryl methyl sites for hydroxylation is 1. The van der Waals surface area contributed by atoms with Crippen molar-refractivity contribution < 1.29 is 0 Å². The average Bonchev–Trinajstić information content (AvgIpc) is 3.06. The number of para-hydroxylation sites is 1. The maximum Gasteiger partial charge on any atom is 0.226 e. The first-order chi connectivity index (χ1) is 12.7. The molecule has 4 aromatic rings. The Morgan fingerprint density at radius 1 is 1.08 bits per heavy atom. The van der Waals surface area contributed by atoms with Gasteiger partial charge in [-0.1, -0.05) is 48.0 Å². The summed E-state index contributed by atoms with van der Waals surface area (Å²) in [5.41, 5.74) is 7.23. The van der Waals surface area contributed by atoms with E-state index in [1.165, 1.54) is 5.56 Å². The van der Waals surface area contributed by atoms with E-state index in [2.05, 4.69) is 25.5 Å². The molecule has 0 atom stereocenters. The van der Waals surface area contributed by atoms with Crippen LogP contribution >= 0.6 is 11.6 Å². The molecule has 4 rings (SSSR count). The lowest BCUT2D eigenvalue weighted by atomic mass is 10.2. The van der Waals surface area contributed by atoms with Crippen molar-refractivity contribution in [3.63, 3.8) is 0 Å². The first-order valence-corrected chi connectivity index (χ1v) is 8.40. The van der Waals surface area contributed by atoms with Crippen LogP contribution in [0.1, 0.15) is 11.1 Å². The van der Waals surface area contributed by atoms with Crippen LogP contribution in [-0.2, 0) is 0 Å². The lowest BCUT2D eigenvalue weighted by Crippen LogP contribution is -1.99. The van der Waals surface area contributed by atoms with Crippen molar-refractivity contribution in [1.29, 1.82) is 0 Å². The van der Waals surface area contributed by atoms with Crippen molar-refractivity contribution in [2.45, 2.75) is 6.92 Å². The Balaban J connectivity index is 1.69. The number of hydrazone groups is 1. The summed E-state index contributed by atoms with van der Waals surface area (Å²) in [6, 6.07) is 17.8. The van der Waals surface area contributed by atoms with Gasteiger partial charge in [0.25, 0.3) is 0 Å². The number of hydrogen-bond acceptors (Lipinski definition) is 5. The van der Waals surface area contributed by atoms with Crippen LogP contribution in [0.2, 0.25) is 5.28 Å². The van der Waals surface area contributed by atoms with E-state index in [1.807, 2.05) is 66.1 Å². The van der Waals surface area contributed by atoms with Gasteiger partial charge in [0.1, 0.15) is 6.33 Å². The van der Waals surface area contributed by atoms with E-state index in [4.69, 9.17) is 11.6 Å². The van der Waals surface area contributed by atoms with Gasteiger partial charge >= 0.3 is 0 Å². The summed E-state index contributed by atoms with van der Waals surface area (Å²) in [4.78, 5) is 12.9. The summed E-state index contributed by atoms with van der Waals surface area (Å²) in [5.74, 6) is 0.457. The van der Waals surface area contributed by atoms with E-state index >= 15 is 0 Å². The molecule has 0 saturated heterocycles. The molecular formula is C19H15ClN6. The second-order valence-electron chi connectivity index (χ2n) is 5.75. The van der Waals surface area contributed by atoms with Crippen LogP contribution in [0, 0.1) is 6.92 Å². The van der Waals surface area contributed by atoms with Gasteiger partial charge in [-0.2, -0.15) is 15.1 Å². The molecule has 1 N–H and O–H groups in total. The van der Waals surface area contributed by atoms with E-state index in [0.29, 0.717) is 17.0 Å². The number of nitrogens with one attached hydrogen (secondary N) is 1. The maximum atomic E-state index is 6.10. The molecule has 0 fully saturated rings. The van der Waals surface area contributed by atoms with Gasteiger partial charge in [-0.3, -0.25) is 9.99 Å². The number of rotatable bonds is 4. The van der Waals surface area contributed by atoms with Crippen LogP contribution in [0.3, 0.4) is 0 Å². The number of hydrogen-bond donors (Lipinski definition) is 1. The number of benzene rings is 2. The summed E-state index contributed by atoms with van der Waals surface area (Å²) in [7, 11) is 0. The largest absolute Gasteiger partial charge is 0.283 e. The quantitative estimate of drug-likeness (QED) is 0.335. The highest BCUT2D eigenvalue weighted by atomic mass is 35.5. The normalized spacial score (nSPS) is 11.3. The summed E-state index contributed by atoms with van der Waals surface area (Å²) >= 11 is 6.10. The van der Waals surface area contributed by atoms with Gasteiger partial charge in [-0.25, -0.2) is 4.98 Å². The molecule has 0 unspecified atom stereocenters. The molecule has 128 valence electrons. The van der Waals surface area contributed by atoms with Gasteiger partial charge in [-0.15, -0.1) is 0 Å². The Bertz CT molecular complexity index is 1090. The third-order valence-electron chi connectivity index (χ3n) is 3.83. The fourth-order valence-corrected chi connectivity index (χ4v) is 2.81. The van der Waals surface area contributed by atoms with E-state index in [1.54, 1.807) is 12.5 Å². The topological polar surface area (TPSA) is 68.0 Å². The highest BCUT2D eigenvalue weighted by Crippen LogP contribution is 2.23. The molecule has 0 spiro atoms. The highest BCUT2D eigenvalue weighted by Gasteiger charge is 2.13. The van der Waals surface area contributed by atoms with Crippen LogP contribution in [0.15, 0.2) is 66.0 Å². The average molecular weight is 363 g/mol. The second kappa shape index (κ2) is 6.93. The van der Waals surface area contributed by atoms with Gasteiger partial charge in [0, 0.05) is 5.69 Å². The molecule has 0 saturated carbocycles. The molecule has 0 aliphatic carbocycles. The van der Waals surface area contributed by atoms with Crippen LogP contribution in [-0.4, -0.2) is 25.7 Å². The molecule has 6 nitrogen and oxygen atoms in total. The predicted octanol–water partition coefficient (Wildman–Crippen LogP) is 4.22. The number of halogens is 1. The smallest absolute Gasteiger partial charge is 0.226 e. The zero-order valence-electron chi connectivity index (χ0n) is 14.0. The summed E-state index contributed by atoms with van der Waals surface area (Å²) in [6.45, 7) is 2.04. The van der Waals surface area contributed by atoms with E-state index < -0.39 is 0 Å². The minimum absolute atomic E-state index is 0.128.